The number of rotatable bonds is 5. The summed E-state index contributed by atoms with van der Waals surface area (Å²) in [5.74, 6) is -0.688. The topological polar surface area (TPSA) is 73.4 Å². The van der Waals surface area contributed by atoms with Gasteiger partial charge in [-0.25, -0.2) is 9.18 Å². The molecule has 0 atom stereocenters. The third kappa shape index (κ3) is 4.31. The summed E-state index contributed by atoms with van der Waals surface area (Å²) in [6, 6.07) is 10.6. The minimum absolute atomic E-state index is 0.194. The maximum absolute atomic E-state index is 14.6. The summed E-state index contributed by atoms with van der Waals surface area (Å²) in [6.45, 7) is 6.10. The van der Waals surface area contributed by atoms with Gasteiger partial charge >= 0.3 is 5.69 Å². The van der Waals surface area contributed by atoms with Gasteiger partial charge in [-0.15, -0.1) is 0 Å². The van der Waals surface area contributed by atoms with Crippen LogP contribution in [0.5, 0.6) is 0 Å². The van der Waals surface area contributed by atoms with E-state index in [1.165, 1.54) is 13.1 Å². The van der Waals surface area contributed by atoms with Crippen LogP contribution in [0.4, 0.5) is 10.1 Å². The smallest absolute Gasteiger partial charge is 0.326 e. The average Bonchev–Trinajstić information content (AvgIpc) is 2.79. The van der Waals surface area contributed by atoms with Crippen LogP contribution < -0.4 is 15.9 Å². The Morgan fingerprint density at radius 1 is 1.16 bits per heavy atom. The van der Waals surface area contributed by atoms with E-state index in [2.05, 4.69) is 15.2 Å². The molecule has 0 aliphatic carbocycles. The highest BCUT2D eigenvalue weighted by molar-refractivity contribution is 7.71. The summed E-state index contributed by atoms with van der Waals surface area (Å²) in [4.78, 5) is 31.2. The maximum Gasteiger partial charge on any atom is 0.326 e. The molecule has 1 saturated heterocycles. The number of carbonyl (C=O) groups excluding carboxylic acids is 1. The number of piperazine rings is 1. The Hall–Kier alpha value is -3.04. The molecule has 0 radical (unpaired) electrons. The fourth-order valence-corrected chi connectivity index (χ4v) is 4.53. The van der Waals surface area contributed by atoms with E-state index in [1.54, 1.807) is 16.7 Å². The molecular weight excluding hydrogens is 429 g/mol. The van der Waals surface area contributed by atoms with Crippen molar-refractivity contribution in [2.24, 2.45) is 0 Å². The van der Waals surface area contributed by atoms with Gasteiger partial charge in [0.15, 0.2) is 0 Å². The lowest BCUT2D eigenvalue weighted by atomic mass is 10.1. The van der Waals surface area contributed by atoms with Gasteiger partial charge in [0.25, 0.3) is 5.91 Å². The number of nitrogens with one attached hydrogen (secondary N) is 2. The number of hydrogen-bond acceptors (Lipinski definition) is 5. The zero-order chi connectivity index (χ0) is 22.8. The van der Waals surface area contributed by atoms with Crippen LogP contribution in [-0.4, -0.2) is 53.6 Å². The second kappa shape index (κ2) is 9.22. The number of carbonyl (C=O) groups is 1. The lowest BCUT2D eigenvalue weighted by Gasteiger charge is -2.36. The van der Waals surface area contributed by atoms with Gasteiger partial charge in [0, 0.05) is 57.3 Å². The van der Waals surface area contributed by atoms with Crippen LogP contribution in [0.2, 0.25) is 0 Å². The van der Waals surface area contributed by atoms with E-state index >= 15 is 0 Å². The predicted octanol–water partition coefficient (Wildman–Crippen LogP) is 2.90. The van der Waals surface area contributed by atoms with Gasteiger partial charge < -0.3 is 15.2 Å². The van der Waals surface area contributed by atoms with Crippen LogP contribution in [-0.2, 0) is 13.1 Å². The molecule has 7 nitrogen and oxygen atoms in total. The van der Waals surface area contributed by atoms with Crippen molar-refractivity contribution in [2.45, 2.75) is 20.0 Å². The van der Waals surface area contributed by atoms with Crippen LogP contribution in [0.3, 0.4) is 0 Å². The summed E-state index contributed by atoms with van der Waals surface area (Å²) < 4.78 is 16.7. The van der Waals surface area contributed by atoms with Crippen molar-refractivity contribution in [1.82, 2.24) is 19.8 Å². The summed E-state index contributed by atoms with van der Waals surface area (Å²) in [6.07, 6.45) is 0. The van der Waals surface area contributed by atoms with Gasteiger partial charge in [0.05, 0.1) is 11.2 Å². The quantitative estimate of drug-likeness (QED) is 0.579. The zero-order valence-electron chi connectivity index (χ0n) is 18.2. The SMILES string of the molecule is CCn1c(=O)[nH]c2cc(CN3CCN(c4ccc(C(=O)NC)cc4F)CC3)ccc2c1=S. The van der Waals surface area contributed by atoms with Gasteiger partial charge in [-0.3, -0.25) is 14.3 Å². The number of benzene rings is 2. The Balaban J connectivity index is 1.44. The highest BCUT2D eigenvalue weighted by atomic mass is 32.1. The van der Waals surface area contributed by atoms with E-state index in [1.807, 2.05) is 30.0 Å². The van der Waals surface area contributed by atoms with Crippen molar-refractivity contribution < 1.29 is 9.18 Å². The van der Waals surface area contributed by atoms with Crippen LogP contribution in [0.25, 0.3) is 10.9 Å². The summed E-state index contributed by atoms with van der Waals surface area (Å²) in [5.41, 5.74) is 2.47. The monoisotopic (exact) mass is 455 g/mol. The minimum atomic E-state index is -0.387. The van der Waals surface area contributed by atoms with Crippen LogP contribution in [0.1, 0.15) is 22.8 Å². The lowest BCUT2D eigenvalue weighted by molar-refractivity contribution is 0.0962. The third-order valence-electron chi connectivity index (χ3n) is 5.92. The molecule has 1 fully saturated rings. The highest BCUT2D eigenvalue weighted by Crippen LogP contribution is 2.23. The van der Waals surface area contributed by atoms with E-state index < -0.39 is 0 Å². The van der Waals surface area contributed by atoms with E-state index in [9.17, 15) is 14.0 Å². The number of aromatic amines is 1. The molecule has 4 rings (SSSR count). The number of nitrogens with zero attached hydrogens (tertiary/aromatic N) is 3. The molecule has 1 aromatic heterocycles. The molecule has 1 aliphatic rings. The fraction of sp³-hybridized carbons (Fsp3) is 0.348. The van der Waals surface area contributed by atoms with Crippen molar-refractivity contribution >= 4 is 34.7 Å². The number of anilines is 1. The Kier molecular flexibility index (Phi) is 6.38. The molecule has 0 spiro atoms. The normalized spacial score (nSPS) is 14.7. The van der Waals surface area contributed by atoms with Crippen molar-refractivity contribution in [1.29, 1.82) is 0 Å². The molecule has 2 N–H and O–H groups in total. The number of hydrogen-bond donors (Lipinski definition) is 2. The number of amides is 1. The molecular formula is C23H26FN5O2S. The van der Waals surface area contributed by atoms with Gasteiger partial charge in [0.1, 0.15) is 10.5 Å². The zero-order valence-corrected chi connectivity index (χ0v) is 19.0. The first-order chi connectivity index (χ1) is 15.4. The minimum Gasteiger partial charge on any atom is -0.367 e. The van der Waals surface area contributed by atoms with E-state index in [-0.39, 0.29) is 17.4 Å². The molecule has 1 amide bonds. The van der Waals surface area contributed by atoms with E-state index in [4.69, 9.17) is 12.2 Å². The Morgan fingerprint density at radius 3 is 2.56 bits per heavy atom. The first-order valence-corrected chi connectivity index (χ1v) is 11.1. The number of H-pyrrole nitrogens is 1. The first-order valence-electron chi connectivity index (χ1n) is 10.7. The number of fused-ring (bicyclic) bond motifs is 1. The second-order valence-corrected chi connectivity index (χ2v) is 8.25. The summed E-state index contributed by atoms with van der Waals surface area (Å²) >= 11 is 5.46. The first kappa shape index (κ1) is 22.2. The molecule has 0 saturated carbocycles. The average molecular weight is 456 g/mol. The molecule has 0 bridgehead atoms. The summed E-state index contributed by atoms with van der Waals surface area (Å²) in [7, 11) is 1.53. The number of aromatic nitrogens is 2. The standard InChI is InChI=1S/C23H26FN5O2S/c1-3-29-22(32)17-6-4-15(12-19(17)26-23(29)31)14-27-8-10-28(11-9-27)20-7-5-16(13-18(20)24)21(30)25-2/h4-7,12-13H,3,8-11,14H2,1-2H3,(H,25,30)(H,26,31). The Labute approximate surface area is 190 Å². The molecule has 3 aromatic rings. The van der Waals surface area contributed by atoms with Crippen molar-refractivity contribution in [3.8, 4) is 0 Å². The number of halogens is 1. The molecule has 9 heteroatoms. The Morgan fingerprint density at radius 2 is 1.91 bits per heavy atom. The molecule has 1 aliphatic heterocycles. The molecule has 168 valence electrons. The molecule has 0 unspecified atom stereocenters. The molecule has 32 heavy (non-hydrogen) atoms. The third-order valence-corrected chi connectivity index (χ3v) is 6.36. The second-order valence-electron chi connectivity index (χ2n) is 7.87. The van der Waals surface area contributed by atoms with Gasteiger partial charge in [-0.2, -0.15) is 0 Å². The van der Waals surface area contributed by atoms with Gasteiger partial charge in [0.2, 0.25) is 0 Å². The van der Waals surface area contributed by atoms with Crippen molar-refractivity contribution in [3.63, 3.8) is 0 Å². The lowest BCUT2D eigenvalue weighted by Crippen LogP contribution is -2.46. The van der Waals surface area contributed by atoms with Crippen LogP contribution in [0, 0.1) is 10.5 Å². The van der Waals surface area contributed by atoms with Crippen molar-refractivity contribution in [3.05, 3.63) is 68.5 Å². The van der Waals surface area contributed by atoms with E-state index in [0.29, 0.717) is 35.5 Å². The molecule has 2 aromatic carbocycles. The van der Waals surface area contributed by atoms with Gasteiger partial charge in [-0.05, 0) is 42.8 Å². The molecule has 2 heterocycles. The van der Waals surface area contributed by atoms with Crippen LogP contribution >= 0.6 is 12.2 Å². The van der Waals surface area contributed by atoms with Crippen molar-refractivity contribution in [2.75, 3.05) is 38.1 Å². The van der Waals surface area contributed by atoms with E-state index in [0.717, 1.165) is 36.1 Å². The van der Waals surface area contributed by atoms with Gasteiger partial charge in [-0.1, -0.05) is 18.3 Å². The maximum atomic E-state index is 14.6. The largest absolute Gasteiger partial charge is 0.367 e. The van der Waals surface area contributed by atoms with Crippen LogP contribution in [0.15, 0.2) is 41.2 Å². The highest BCUT2D eigenvalue weighted by Gasteiger charge is 2.20. The Bertz CT molecular complexity index is 1280. The predicted molar refractivity (Wildman–Crippen MR) is 126 cm³/mol. The summed E-state index contributed by atoms with van der Waals surface area (Å²) in [5, 5.41) is 3.37. The fourth-order valence-electron chi connectivity index (χ4n) is 4.14.